The molecule has 10 heteroatoms. The second-order valence-corrected chi connectivity index (χ2v) is 7.10. The van der Waals surface area contributed by atoms with Crippen molar-refractivity contribution in [3.8, 4) is 0 Å². The fourth-order valence-electron chi connectivity index (χ4n) is 4.08. The highest BCUT2D eigenvalue weighted by atomic mass is 16.8. The predicted molar refractivity (Wildman–Crippen MR) is 82.2 cm³/mol. The molecule has 148 valence electrons. The first-order valence-electron chi connectivity index (χ1n) is 8.49. The van der Waals surface area contributed by atoms with Gasteiger partial charge in [-0.2, -0.15) is 0 Å². The zero-order valence-corrected chi connectivity index (χ0v) is 14.1. The van der Waals surface area contributed by atoms with Gasteiger partial charge in [0.05, 0.1) is 24.5 Å². The Labute approximate surface area is 149 Å². The summed E-state index contributed by atoms with van der Waals surface area (Å²) in [5, 5.41) is 58.6. The van der Waals surface area contributed by atoms with Gasteiger partial charge in [0.1, 0.15) is 24.4 Å². The molecule has 0 radical (unpaired) electrons. The minimum atomic E-state index is -1.60. The van der Waals surface area contributed by atoms with E-state index in [1.807, 2.05) is 6.92 Å². The Morgan fingerprint density at radius 2 is 1.88 bits per heavy atom. The van der Waals surface area contributed by atoms with Crippen LogP contribution in [-0.2, 0) is 19.0 Å². The molecule has 26 heavy (non-hydrogen) atoms. The van der Waals surface area contributed by atoms with E-state index < -0.39 is 67.5 Å². The molecule has 10 unspecified atom stereocenters. The number of aliphatic carboxylic acids is 1. The molecule has 0 bridgehead atoms. The molecule has 10 atom stereocenters. The van der Waals surface area contributed by atoms with Crippen LogP contribution in [0.5, 0.6) is 0 Å². The first-order chi connectivity index (χ1) is 12.3. The van der Waals surface area contributed by atoms with Crippen molar-refractivity contribution in [1.82, 2.24) is 0 Å². The van der Waals surface area contributed by atoms with E-state index in [0.29, 0.717) is 6.42 Å². The molecule has 0 amide bonds. The van der Waals surface area contributed by atoms with Gasteiger partial charge < -0.3 is 44.8 Å². The van der Waals surface area contributed by atoms with Crippen LogP contribution in [0.15, 0.2) is 11.8 Å². The number of aliphatic hydroxyl groups excluding tert-OH is 5. The molecule has 3 rings (SSSR count). The number of fused-ring (bicyclic) bond motifs is 1. The topological polar surface area (TPSA) is 166 Å². The van der Waals surface area contributed by atoms with Gasteiger partial charge in [-0.3, -0.25) is 0 Å². The molecular weight excluding hydrogens is 352 g/mol. The van der Waals surface area contributed by atoms with Crippen LogP contribution in [0.4, 0.5) is 0 Å². The molecule has 1 saturated carbocycles. The van der Waals surface area contributed by atoms with Crippen molar-refractivity contribution in [2.45, 2.75) is 56.4 Å². The maximum Gasteiger partial charge on any atom is 0.335 e. The Balaban J connectivity index is 1.80. The highest BCUT2D eigenvalue weighted by Gasteiger charge is 2.53. The number of carbonyl (C=O) groups is 1. The van der Waals surface area contributed by atoms with E-state index in [1.165, 1.54) is 0 Å². The molecule has 0 aromatic carbocycles. The maximum absolute atomic E-state index is 11.4. The molecule has 3 aliphatic rings. The molecule has 0 aromatic heterocycles. The van der Waals surface area contributed by atoms with Crippen molar-refractivity contribution in [2.75, 3.05) is 6.61 Å². The second kappa shape index (κ2) is 7.39. The number of ether oxygens (including phenoxy) is 3. The molecule has 2 heterocycles. The van der Waals surface area contributed by atoms with Crippen LogP contribution in [0.1, 0.15) is 13.3 Å². The predicted octanol–water partition coefficient (Wildman–Crippen LogP) is -2.24. The molecule has 0 spiro atoms. The third-order valence-electron chi connectivity index (χ3n) is 5.47. The molecule has 0 aromatic rings. The first kappa shape index (κ1) is 19.5. The monoisotopic (exact) mass is 376 g/mol. The Kier molecular flexibility index (Phi) is 5.54. The van der Waals surface area contributed by atoms with Gasteiger partial charge in [0.15, 0.2) is 6.29 Å². The van der Waals surface area contributed by atoms with Crippen molar-refractivity contribution in [3.05, 3.63) is 11.8 Å². The van der Waals surface area contributed by atoms with Crippen molar-refractivity contribution in [3.63, 3.8) is 0 Å². The van der Waals surface area contributed by atoms with Gasteiger partial charge in [0, 0.05) is 11.8 Å². The Hall–Kier alpha value is -1.27. The molecule has 2 fully saturated rings. The molecule has 1 saturated heterocycles. The van der Waals surface area contributed by atoms with Gasteiger partial charge in [0.2, 0.25) is 6.29 Å². The van der Waals surface area contributed by atoms with Crippen LogP contribution in [-0.4, -0.2) is 86.3 Å². The van der Waals surface area contributed by atoms with Crippen LogP contribution in [0.3, 0.4) is 0 Å². The minimum absolute atomic E-state index is 0.0551. The average molecular weight is 376 g/mol. The summed E-state index contributed by atoms with van der Waals surface area (Å²) in [7, 11) is 0. The van der Waals surface area contributed by atoms with Crippen LogP contribution in [0.2, 0.25) is 0 Å². The summed E-state index contributed by atoms with van der Waals surface area (Å²) in [5.41, 5.74) is -0.0551. The summed E-state index contributed by atoms with van der Waals surface area (Å²) < 4.78 is 16.3. The lowest BCUT2D eigenvalue weighted by atomic mass is 9.83. The second-order valence-electron chi connectivity index (χ2n) is 7.10. The largest absolute Gasteiger partial charge is 0.478 e. The van der Waals surface area contributed by atoms with E-state index in [4.69, 9.17) is 14.2 Å². The zero-order chi connectivity index (χ0) is 19.2. The quantitative estimate of drug-likeness (QED) is 0.316. The van der Waals surface area contributed by atoms with Crippen molar-refractivity contribution in [1.29, 1.82) is 0 Å². The summed E-state index contributed by atoms with van der Waals surface area (Å²) in [4.78, 5) is 11.4. The van der Waals surface area contributed by atoms with E-state index >= 15 is 0 Å². The van der Waals surface area contributed by atoms with Gasteiger partial charge in [-0.1, -0.05) is 6.92 Å². The molecular formula is C16H24O10. The number of hydrogen-bond donors (Lipinski definition) is 6. The van der Waals surface area contributed by atoms with Crippen molar-refractivity contribution in [2.24, 2.45) is 17.8 Å². The lowest BCUT2D eigenvalue weighted by Crippen LogP contribution is -2.60. The van der Waals surface area contributed by atoms with Gasteiger partial charge in [-0.15, -0.1) is 0 Å². The smallest absolute Gasteiger partial charge is 0.335 e. The van der Waals surface area contributed by atoms with E-state index in [0.717, 1.165) is 6.26 Å². The van der Waals surface area contributed by atoms with E-state index in [2.05, 4.69) is 0 Å². The normalized spacial score (nSPS) is 48.5. The van der Waals surface area contributed by atoms with Crippen LogP contribution < -0.4 is 0 Å². The summed E-state index contributed by atoms with van der Waals surface area (Å²) >= 11 is 0. The molecule has 6 N–H and O–H groups in total. The number of carboxylic acid groups (broad SMARTS) is 1. The Bertz CT molecular complexity index is 563. The summed E-state index contributed by atoms with van der Waals surface area (Å²) in [6.07, 6.45) is -7.77. The SMILES string of the molecule is CC1CC(O)C2C(C(=O)O)=COC(OC3OC(CO)C(O)C(O)C3O)C12. The zero-order valence-electron chi connectivity index (χ0n) is 14.1. The fraction of sp³-hybridized carbons (Fsp3) is 0.812. The maximum atomic E-state index is 11.4. The Morgan fingerprint density at radius 1 is 1.19 bits per heavy atom. The van der Waals surface area contributed by atoms with Gasteiger partial charge in [0.25, 0.3) is 0 Å². The average Bonchev–Trinajstić information content (AvgIpc) is 2.90. The van der Waals surface area contributed by atoms with Crippen LogP contribution in [0.25, 0.3) is 0 Å². The lowest BCUT2D eigenvalue weighted by molar-refractivity contribution is -0.342. The highest BCUT2D eigenvalue weighted by Crippen LogP contribution is 2.47. The van der Waals surface area contributed by atoms with E-state index in [9.17, 15) is 35.4 Å². The number of carboxylic acids is 1. The molecule has 2 aliphatic heterocycles. The molecule has 1 aliphatic carbocycles. The third-order valence-corrected chi connectivity index (χ3v) is 5.47. The minimum Gasteiger partial charge on any atom is -0.478 e. The summed E-state index contributed by atoms with van der Waals surface area (Å²) in [6, 6.07) is 0. The number of hydrogen-bond acceptors (Lipinski definition) is 9. The van der Waals surface area contributed by atoms with Gasteiger partial charge >= 0.3 is 5.97 Å². The standard InChI is InChI=1S/C16H24O10/c1-5-2-7(18)10-6(14(22)23)4-24-15(9(5)10)26-16-13(21)12(20)11(19)8(3-17)25-16/h4-5,7-13,15-21H,2-3H2,1H3,(H,22,23). The first-order valence-corrected chi connectivity index (χ1v) is 8.49. The molecule has 10 nitrogen and oxygen atoms in total. The van der Waals surface area contributed by atoms with Crippen LogP contribution >= 0.6 is 0 Å². The lowest BCUT2D eigenvalue weighted by Gasteiger charge is -2.43. The van der Waals surface area contributed by atoms with E-state index in [-0.39, 0.29) is 11.5 Å². The van der Waals surface area contributed by atoms with Crippen molar-refractivity contribution >= 4 is 5.97 Å². The third kappa shape index (κ3) is 3.22. The van der Waals surface area contributed by atoms with Crippen molar-refractivity contribution < 1.29 is 49.6 Å². The summed E-state index contributed by atoms with van der Waals surface area (Å²) in [6.45, 7) is 1.23. The number of rotatable bonds is 4. The van der Waals surface area contributed by atoms with Gasteiger partial charge in [-0.25, -0.2) is 4.79 Å². The fourth-order valence-corrected chi connectivity index (χ4v) is 4.08. The highest BCUT2D eigenvalue weighted by molar-refractivity contribution is 5.87. The van der Waals surface area contributed by atoms with E-state index in [1.54, 1.807) is 0 Å². The summed E-state index contributed by atoms with van der Waals surface area (Å²) in [5.74, 6) is -2.54. The number of aliphatic hydroxyl groups is 5. The van der Waals surface area contributed by atoms with Gasteiger partial charge in [-0.05, 0) is 12.3 Å². The Morgan fingerprint density at radius 3 is 2.50 bits per heavy atom. The van der Waals surface area contributed by atoms with Crippen LogP contribution in [0, 0.1) is 17.8 Å².